The van der Waals surface area contributed by atoms with Crippen LogP contribution in [0.4, 0.5) is 0 Å². The van der Waals surface area contributed by atoms with Gasteiger partial charge in [0.1, 0.15) is 5.71 Å². The number of rotatable bonds is 5. The van der Waals surface area contributed by atoms with Crippen LogP contribution in [0.3, 0.4) is 0 Å². The van der Waals surface area contributed by atoms with Crippen LogP contribution in [0.1, 0.15) is 27.6 Å². The van der Waals surface area contributed by atoms with Crippen molar-refractivity contribution in [1.82, 2.24) is 15.8 Å². The molecule has 25 heavy (non-hydrogen) atoms. The molecule has 0 radical (unpaired) electrons. The molecule has 6 N–H and O–H groups in total. The fourth-order valence-corrected chi connectivity index (χ4v) is 2.30. The van der Waals surface area contributed by atoms with E-state index < -0.39 is 17.9 Å². The first kappa shape index (κ1) is 18.4. The van der Waals surface area contributed by atoms with Crippen LogP contribution in [-0.2, 0) is 0 Å². The second-order valence-electron chi connectivity index (χ2n) is 4.95. The largest absolute Gasteiger partial charge is 0.375 e. The molecule has 2 amide bonds. The van der Waals surface area contributed by atoms with E-state index in [0.717, 1.165) is 4.90 Å². The van der Waals surface area contributed by atoms with Crippen molar-refractivity contribution in [2.75, 3.05) is 0 Å². The lowest BCUT2D eigenvalue weighted by atomic mass is 10.1. The molecule has 0 bridgehead atoms. The van der Waals surface area contributed by atoms with Gasteiger partial charge in [-0.1, -0.05) is 12.1 Å². The van der Waals surface area contributed by atoms with Gasteiger partial charge >= 0.3 is 0 Å². The van der Waals surface area contributed by atoms with E-state index >= 15 is 0 Å². The summed E-state index contributed by atoms with van der Waals surface area (Å²) < 4.78 is 0. The lowest BCUT2D eigenvalue weighted by Gasteiger charge is -2.22. The maximum atomic E-state index is 12.6. The van der Waals surface area contributed by atoms with E-state index in [1.54, 1.807) is 31.2 Å². The lowest BCUT2D eigenvalue weighted by molar-refractivity contribution is 0.0636. The molecule has 1 aromatic rings. The van der Waals surface area contributed by atoms with Gasteiger partial charge in [-0.3, -0.25) is 25.3 Å². The highest BCUT2D eigenvalue weighted by molar-refractivity contribution is 7.80. The predicted molar refractivity (Wildman–Crippen MR) is 102 cm³/mol. The van der Waals surface area contributed by atoms with Crippen molar-refractivity contribution in [2.24, 2.45) is 21.7 Å². The summed E-state index contributed by atoms with van der Waals surface area (Å²) in [4.78, 5) is 26.2. The van der Waals surface area contributed by atoms with Crippen LogP contribution in [0.25, 0.3) is 0 Å². The number of thiocarbonyl (C=S) groups is 2. The molecule has 0 saturated heterocycles. The first-order valence-electron chi connectivity index (χ1n) is 7.01. The standard InChI is InChI=1S/C14H15N7O2S2/c1-7(10(18-20-14(16)25)6-17-19-13(15)24)21-11(22)8-4-2-3-5-9(8)12(21)23/h2-7H,1H3,(H3,15,19,24)(H3,16,20,25)/b17-6+,18-10-. The van der Waals surface area contributed by atoms with Gasteiger partial charge in [-0.25, -0.2) is 0 Å². The van der Waals surface area contributed by atoms with Gasteiger partial charge in [0.2, 0.25) is 0 Å². The van der Waals surface area contributed by atoms with Gasteiger partial charge in [0, 0.05) is 0 Å². The molecule has 9 nitrogen and oxygen atoms in total. The van der Waals surface area contributed by atoms with E-state index in [1.165, 1.54) is 6.21 Å². The average molecular weight is 377 g/mol. The summed E-state index contributed by atoms with van der Waals surface area (Å²) in [5.74, 6) is -0.848. The highest BCUT2D eigenvalue weighted by atomic mass is 32.1. The molecule has 11 heteroatoms. The maximum absolute atomic E-state index is 12.6. The van der Waals surface area contributed by atoms with E-state index in [4.69, 9.17) is 23.7 Å². The molecule has 2 rings (SSSR count). The topological polar surface area (TPSA) is 138 Å². The summed E-state index contributed by atoms with van der Waals surface area (Å²) in [6.45, 7) is 1.62. The number of hydrazone groups is 2. The number of benzene rings is 1. The molecule has 1 unspecified atom stereocenters. The number of carbonyl (C=O) groups excluding carboxylic acids is 2. The molecule has 0 aromatic heterocycles. The molecular weight excluding hydrogens is 362 g/mol. The quantitative estimate of drug-likeness (QED) is 0.237. The summed E-state index contributed by atoms with van der Waals surface area (Å²) in [5.41, 5.74) is 16.3. The van der Waals surface area contributed by atoms with Crippen molar-refractivity contribution in [1.29, 1.82) is 0 Å². The fourth-order valence-electron chi connectivity index (χ4n) is 2.20. The Labute approximate surface area is 154 Å². The Morgan fingerprint density at radius 3 is 2.12 bits per heavy atom. The number of imide groups is 1. The Morgan fingerprint density at radius 1 is 1.12 bits per heavy atom. The highest BCUT2D eigenvalue weighted by Gasteiger charge is 2.39. The number of nitrogens with zero attached hydrogens (tertiary/aromatic N) is 3. The van der Waals surface area contributed by atoms with Crippen LogP contribution < -0.4 is 22.3 Å². The van der Waals surface area contributed by atoms with Gasteiger partial charge in [0.25, 0.3) is 11.8 Å². The Kier molecular flexibility index (Phi) is 5.72. The van der Waals surface area contributed by atoms with E-state index in [9.17, 15) is 9.59 Å². The fraction of sp³-hybridized carbons (Fsp3) is 0.143. The van der Waals surface area contributed by atoms with Gasteiger partial charge in [-0.05, 0) is 43.5 Å². The van der Waals surface area contributed by atoms with Gasteiger partial charge in [0.05, 0.1) is 23.4 Å². The molecule has 1 aliphatic heterocycles. The number of nitrogens with two attached hydrogens (primary N) is 2. The molecule has 1 aromatic carbocycles. The lowest BCUT2D eigenvalue weighted by Crippen LogP contribution is -2.44. The van der Waals surface area contributed by atoms with Crippen molar-refractivity contribution < 1.29 is 9.59 Å². The van der Waals surface area contributed by atoms with Crippen LogP contribution in [-0.4, -0.2) is 44.9 Å². The van der Waals surface area contributed by atoms with E-state index in [0.29, 0.717) is 11.1 Å². The molecule has 1 heterocycles. The molecule has 0 saturated carbocycles. The maximum Gasteiger partial charge on any atom is 0.262 e. The van der Waals surface area contributed by atoms with Crippen molar-refractivity contribution >= 4 is 58.4 Å². The zero-order chi connectivity index (χ0) is 18.6. The van der Waals surface area contributed by atoms with Crippen molar-refractivity contribution in [3.8, 4) is 0 Å². The van der Waals surface area contributed by atoms with Gasteiger partial charge in [-0.15, -0.1) is 0 Å². The molecule has 1 aliphatic rings. The smallest absolute Gasteiger partial charge is 0.262 e. The minimum absolute atomic E-state index is 0.0497. The van der Waals surface area contributed by atoms with Gasteiger partial charge in [0.15, 0.2) is 10.2 Å². The third kappa shape index (κ3) is 4.14. The van der Waals surface area contributed by atoms with E-state index in [-0.39, 0.29) is 15.9 Å². The number of amides is 2. The zero-order valence-electron chi connectivity index (χ0n) is 13.1. The second kappa shape index (κ2) is 7.77. The summed E-state index contributed by atoms with van der Waals surface area (Å²) >= 11 is 9.35. The number of carbonyl (C=O) groups is 2. The minimum atomic E-state index is -0.744. The Hall–Kier alpha value is -2.92. The molecular formula is C14H15N7O2S2. The molecule has 0 fully saturated rings. The number of hydrogen-bond acceptors (Lipinski definition) is 6. The number of nitrogens with one attached hydrogen (secondary N) is 2. The Morgan fingerprint density at radius 2 is 1.64 bits per heavy atom. The predicted octanol–water partition coefficient (Wildman–Crippen LogP) is -0.321. The van der Waals surface area contributed by atoms with Gasteiger partial charge in [-0.2, -0.15) is 10.2 Å². The van der Waals surface area contributed by atoms with Crippen molar-refractivity contribution in [3.63, 3.8) is 0 Å². The SMILES string of the molecule is CC(C(/C=N/NC(N)=S)=N\NC(N)=S)N1C(=O)c2ccccc2C1=O. The van der Waals surface area contributed by atoms with Crippen LogP contribution >= 0.6 is 24.4 Å². The third-order valence-electron chi connectivity index (χ3n) is 3.31. The summed E-state index contributed by atoms with van der Waals surface area (Å²) in [6.07, 6.45) is 1.26. The summed E-state index contributed by atoms with van der Waals surface area (Å²) in [7, 11) is 0. The number of fused-ring (bicyclic) bond motifs is 1. The van der Waals surface area contributed by atoms with E-state index in [1.807, 2.05) is 0 Å². The molecule has 0 aliphatic carbocycles. The van der Waals surface area contributed by atoms with Crippen LogP contribution in [0, 0.1) is 0 Å². The van der Waals surface area contributed by atoms with E-state index in [2.05, 4.69) is 33.3 Å². The van der Waals surface area contributed by atoms with Gasteiger partial charge < -0.3 is 11.5 Å². The first-order chi connectivity index (χ1) is 11.8. The molecule has 130 valence electrons. The first-order valence-corrected chi connectivity index (χ1v) is 7.83. The van der Waals surface area contributed by atoms with Crippen LogP contribution in [0.5, 0.6) is 0 Å². The Bertz CT molecular complexity index is 771. The molecule has 0 spiro atoms. The van der Waals surface area contributed by atoms with Crippen LogP contribution in [0.15, 0.2) is 34.5 Å². The zero-order valence-corrected chi connectivity index (χ0v) is 14.7. The second-order valence-corrected chi connectivity index (χ2v) is 5.83. The highest BCUT2D eigenvalue weighted by Crippen LogP contribution is 2.24. The van der Waals surface area contributed by atoms with Crippen molar-refractivity contribution in [3.05, 3.63) is 35.4 Å². The average Bonchev–Trinajstić information content (AvgIpc) is 2.81. The number of hydrogen-bond donors (Lipinski definition) is 4. The monoisotopic (exact) mass is 377 g/mol. The summed E-state index contributed by atoms with van der Waals surface area (Å²) in [6, 6.07) is 5.82. The van der Waals surface area contributed by atoms with Crippen LogP contribution in [0.2, 0.25) is 0 Å². The van der Waals surface area contributed by atoms with Crippen molar-refractivity contribution in [2.45, 2.75) is 13.0 Å². The molecule has 1 atom stereocenters. The normalized spacial score (nSPS) is 15.2. The minimum Gasteiger partial charge on any atom is -0.375 e. The Balaban J connectivity index is 2.31. The third-order valence-corrected chi connectivity index (χ3v) is 3.49. The summed E-state index contributed by atoms with van der Waals surface area (Å²) in [5, 5.41) is 7.64.